The monoisotopic (exact) mass is 307 g/mol. The summed E-state index contributed by atoms with van der Waals surface area (Å²) in [6.07, 6.45) is 0. The lowest BCUT2D eigenvalue weighted by Gasteiger charge is -2.09. The topological polar surface area (TPSA) is 61.0 Å². The fourth-order valence-corrected chi connectivity index (χ4v) is 1.66. The highest BCUT2D eigenvalue weighted by molar-refractivity contribution is 9.10. The molecule has 18 heavy (non-hydrogen) atoms. The van der Waals surface area contributed by atoms with E-state index >= 15 is 0 Å². The standard InChI is InChI=1S/C13H14BrN3O/c1-8(2)13-16-11(15)7-12(17-13)18-10-5-3-9(14)4-6-10/h3-8H,1-2H3,(H2,15,16,17). The van der Waals surface area contributed by atoms with Crippen LogP contribution in [0.4, 0.5) is 5.82 Å². The Hall–Kier alpha value is -1.62. The Labute approximate surface area is 114 Å². The molecule has 2 N–H and O–H groups in total. The fraction of sp³-hybridized carbons (Fsp3) is 0.231. The minimum Gasteiger partial charge on any atom is -0.439 e. The van der Waals surface area contributed by atoms with E-state index in [2.05, 4.69) is 25.9 Å². The molecule has 0 bridgehead atoms. The zero-order valence-corrected chi connectivity index (χ0v) is 11.8. The first kappa shape index (κ1) is 12.8. The summed E-state index contributed by atoms with van der Waals surface area (Å²) in [7, 11) is 0. The van der Waals surface area contributed by atoms with Gasteiger partial charge in [-0.3, -0.25) is 0 Å². The number of benzene rings is 1. The predicted molar refractivity (Wildman–Crippen MR) is 74.7 cm³/mol. The van der Waals surface area contributed by atoms with Gasteiger partial charge in [0.1, 0.15) is 17.4 Å². The summed E-state index contributed by atoms with van der Waals surface area (Å²) in [5.41, 5.74) is 5.74. The molecule has 0 aliphatic rings. The molecule has 5 heteroatoms. The van der Waals surface area contributed by atoms with Gasteiger partial charge in [0.2, 0.25) is 5.88 Å². The molecule has 0 saturated heterocycles. The van der Waals surface area contributed by atoms with E-state index in [9.17, 15) is 0 Å². The Morgan fingerprint density at radius 2 is 1.83 bits per heavy atom. The molecule has 4 nitrogen and oxygen atoms in total. The van der Waals surface area contributed by atoms with Gasteiger partial charge in [-0.1, -0.05) is 29.8 Å². The Kier molecular flexibility index (Phi) is 3.81. The molecule has 0 fully saturated rings. The largest absolute Gasteiger partial charge is 0.439 e. The highest BCUT2D eigenvalue weighted by Gasteiger charge is 2.08. The molecule has 0 saturated carbocycles. The third kappa shape index (κ3) is 3.20. The smallest absolute Gasteiger partial charge is 0.224 e. The van der Waals surface area contributed by atoms with E-state index in [1.54, 1.807) is 6.07 Å². The number of ether oxygens (including phenoxy) is 1. The maximum Gasteiger partial charge on any atom is 0.224 e. The van der Waals surface area contributed by atoms with Crippen molar-refractivity contribution >= 4 is 21.7 Å². The minimum absolute atomic E-state index is 0.209. The van der Waals surface area contributed by atoms with Crippen LogP contribution in [0.15, 0.2) is 34.8 Å². The van der Waals surface area contributed by atoms with E-state index in [-0.39, 0.29) is 5.92 Å². The molecule has 0 aliphatic carbocycles. The quantitative estimate of drug-likeness (QED) is 0.938. The van der Waals surface area contributed by atoms with Crippen molar-refractivity contribution in [3.8, 4) is 11.6 Å². The summed E-state index contributed by atoms with van der Waals surface area (Å²) in [5, 5.41) is 0. The van der Waals surface area contributed by atoms with Gasteiger partial charge in [0.05, 0.1) is 0 Å². The van der Waals surface area contributed by atoms with Crippen LogP contribution in [0.1, 0.15) is 25.6 Å². The number of aromatic nitrogens is 2. The summed E-state index contributed by atoms with van der Waals surface area (Å²) in [6.45, 7) is 4.02. The van der Waals surface area contributed by atoms with Gasteiger partial charge in [0.15, 0.2) is 0 Å². The van der Waals surface area contributed by atoms with Crippen LogP contribution in [-0.2, 0) is 0 Å². The second kappa shape index (κ2) is 5.35. The molecule has 94 valence electrons. The second-order valence-corrected chi connectivity index (χ2v) is 5.12. The Morgan fingerprint density at radius 1 is 1.17 bits per heavy atom. The van der Waals surface area contributed by atoms with Crippen molar-refractivity contribution in [2.24, 2.45) is 0 Å². The van der Waals surface area contributed by atoms with Gasteiger partial charge < -0.3 is 10.5 Å². The average Bonchev–Trinajstić information content (AvgIpc) is 2.31. The van der Waals surface area contributed by atoms with Gasteiger partial charge in [0, 0.05) is 16.5 Å². The molecule has 1 aromatic carbocycles. The van der Waals surface area contributed by atoms with Crippen LogP contribution < -0.4 is 10.5 Å². The molecule has 0 amide bonds. The van der Waals surface area contributed by atoms with Gasteiger partial charge in [0.25, 0.3) is 0 Å². The van der Waals surface area contributed by atoms with Crippen molar-refractivity contribution in [2.45, 2.75) is 19.8 Å². The molecular weight excluding hydrogens is 294 g/mol. The maximum atomic E-state index is 5.74. The van der Waals surface area contributed by atoms with Crippen LogP contribution in [0.25, 0.3) is 0 Å². The Balaban J connectivity index is 2.26. The van der Waals surface area contributed by atoms with Crippen LogP contribution in [0.3, 0.4) is 0 Å². The lowest BCUT2D eigenvalue weighted by atomic mass is 10.2. The highest BCUT2D eigenvalue weighted by Crippen LogP contribution is 2.24. The van der Waals surface area contributed by atoms with Crippen LogP contribution in [0.5, 0.6) is 11.6 Å². The number of hydrogen-bond acceptors (Lipinski definition) is 4. The molecule has 0 aliphatic heterocycles. The summed E-state index contributed by atoms with van der Waals surface area (Å²) in [4.78, 5) is 8.49. The lowest BCUT2D eigenvalue weighted by Crippen LogP contribution is -2.02. The lowest BCUT2D eigenvalue weighted by molar-refractivity contribution is 0.457. The summed E-state index contributed by atoms with van der Waals surface area (Å²) in [5.74, 6) is 2.49. The molecule has 2 aromatic rings. The number of rotatable bonds is 3. The summed E-state index contributed by atoms with van der Waals surface area (Å²) < 4.78 is 6.65. The van der Waals surface area contributed by atoms with Crippen LogP contribution in [-0.4, -0.2) is 9.97 Å². The van der Waals surface area contributed by atoms with Crippen LogP contribution in [0, 0.1) is 0 Å². The summed E-state index contributed by atoms with van der Waals surface area (Å²) in [6, 6.07) is 9.15. The highest BCUT2D eigenvalue weighted by atomic mass is 79.9. The molecule has 0 unspecified atom stereocenters. The van der Waals surface area contributed by atoms with Crippen LogP contribution >= 0.6 is 15.9 Å². The third-order valence-corrected chi connectivity index (χ3v) is 2.82. The molecular formula is C13H14BrN3O. The molecule has 0 atom stereocenters. The minimum atomic E-state index is 0.209. The van der Waals surface area contributed by atoms with E-state index < -0.39 is 0 Å². The van der Waals surface area contributed by atoms with Crippen molar-refractivity contribution < 1.29 is 4.74 Å². The second-order valence-electron chi connectivity index (χ2n) is 4.20. The maximum absolute atomic E-state index is 5.74. The van der Waals surface area contributed by atoms with Crippen LogP contribution in [0.2, 0.25) is 0 Å². The Morgan fingerprint density at radius 3 is 2.44 bits per heavy atom. The number of hydrogen-bond donors (Lipinski definition) is 1. The molecule has 0 spiro atoms. The van der Waals surface area contributed by atoms with Gasteiger partial charge in [-0.05, 0) is 24.3 Å². The normalized spacial score (nSPS) is 10.7. The molecule has 1 heterocycles. The summed E-state index contributed by atoms with van der Waals surface area (Å²) >= 11 is 3.37. The van der Waals surface area contributed by atoms with Gasteiger partial charge in [-0.25, -0.2) is 4.98 Å². The number of halogens is 1. The first-order chi connectivity index (χ1) is 8.54. The Bertz CT molecular complexity index is 540. The first-order valence-electron chi connectivity index (χ1n) is 5.62. The number of nitrogen functional groups attached to an aromatic ring is 1. The van der Waals surface area contributed by atoms with Crippen molar-refractivity contribution in [3.63, 3.8) is 0 Å². The van der Waals surface area contributed by atoms with E-state index in [4.69, 9.17) is 10.5 Å². The van der Waals surface area contributed by atoms with Gasteiger partial charge in [-0.2, -0.15) is 4.98 Å². The van der Waals surface area contributed by atoms with Gasteiger partial charge >= 0.3 is 0 Å². The SMILES string of the molecule is CC(C)c1nc(N)cc(Oc2ccc(Br)cc2)n1. The van der Waals surface area contributed by atoms with E-state index in [1.807, 2.05) is 38.1 Å². The van der Waals surface area contributed by atoms with Crippen molar-refractivity contribution in [1.29, 1.82) is 0 Å². The van der Waals surface area contributed by atoms with E-state index in [0.717, 1.165) is 4.47 Å². The zero-order valence-electron chi connectivity index (χ0n) is 10.2. The average molecular weight is 308 g/mol. The number of anilines is 1. The zero-order chi connectivity index (χ0) is 13.1. The van der Waals surface area contributed by atoms with Crippen molar-refractivity contribution in [3.05, 3.63) is 40.6 Å². The van der Waals surface area contributed by atoms with E-state index in [0.29, 0.717) is 23.3 Å². The van der Waals surface area contributed by atoms with Gasteiger partial charge in [-0.15, -0.1) is 0 Å². The number of nitrogens with two attached hydrogens (primary N) is 1. The molecule has 1 aromatic heterocycles. The predicted octanol–water partition coefficient (Wildman–Crippen LogP) is 3.74. The number of nitrogens with zero attached hydrogens (tertiary/aromatic N) is 2. The third-order valence-electron chi connectivity index (χ3n) is 2.29. The molecule has 2 rings (SSSR count). The first-order valence-corrected chi connectivity index (χ1v) is 6.42. The van der Waals surface area contributed by atoms with Crippen molar-refractivity contribution in [2.75, 3.05) is 5.73 Å². The van der Waals surface area contributed by atoms with Crippen molar-refractivity contribution in [1.82, 2.24) is 9.97 Å². The molecule has 0 radical (unpaired) electrons. The fourth-order valence-electron chi connectivity index (χ4n) is 1.40. The van der Waals surface area contributed by atoms with E-state index in [1.165, 1.54) is 0 Å².